The van der Waals surface area contributed by atoms with Crippen molar-refractivity contribution in [1.82, 2.24) is 19.4 Å². The number of aliphatic carboxylic acids is 1. The molecule has 0 aliphatic heterocycles. The van der Waals surface area contributed by atoms with Crippen LogP contribution in [0.3, 0.4) is 0 Å². The van der Waals surface area contributed by atoms with E-state index in [1.165, 1.54) is 0 Å². The van der Waals surface area contributed by atoms with Gasteiger partial charge in [0.05, 0.1) is 11.4 Å². The Morgan fingerprint density at radius 2 is 1.90 bits per heavy atom. The minimum atomic E-state index is -3.88. The zero-order valence-electron chi connectivity index (χ0n) is 12.0. The number of rotatable bonds is 7. The SMILES string of the molecule is Cc1n[nH]c(C)c1S(=O)(=O)N(CCN(C)C)CC(=O)O. The van der Waals surface area contributed by atoms with Crippen molar-refractivity contribution in [1.29, 1.82) is 0 Å². The van der Waals surface area contributed by atoms with Crippen LogP contribution in [-0.4, -0.2) is 72.6 Å². The van der Waals surface area contributed by atoms with Crippen LogP contribution in [0, 0.1) is 13.8 Å². The van der Waals surface area contributed by atoms with Gasteiger partial charge >= 0.3 is 5.97 Å². The first-order chi connectivity index (χ1) is 9.16. The van der Waals surface area contributed by atoms with E-state index in [2.05, 4.69) is 10.2 Å². The number of carboxylic acid groups (broad SMARTS) is 1. The third-order valence-electron chi connectivity index (χ3n) is 2.77. The molecule has 0 aromatic carbocycles. The molecule has 20 heavy (non-hydrogen) atoms. The summed E-state index contributed by atoms with van der Waals surface area (Å²) in [4.78, 5) is 12.7. The lowest BCUT2D eigenvalue weighted by atomic mass is 10.4. The number of aromatic nitrogens is 2. The molecule has 0 bridgehead atoms. The van der Waals surface area contributed by atoms with Crippen LogP contribution in [0.1, 0.15) is 11.4 Å². The molecule has 0 fully saturated rings. The standard InChI is InChI=1S/C11H20N4O4S/c1-8-11(9(2)13-12-8)20(18,19)15(7-10(16)17)6-5-14(3)4/h5-7H2,1-4H3,(H,12,13)(H,16,17). The molecule has 8 nitrogen and oxygen atoms in total. The predicted molar refractivity (Wildman–Crippen MR) is 73.0 cm³/mol. The molecule has 0 radical (unpaired) electrons. The third-order valence-corrected chi connectivity index (χ3v) is 4.88. The zero-order valence-corrected chi connectivity index (χ0v) is 12.9. The van der Waals surface area contributed by atoms with Crippen molar-refractivity contribution >= 4 is 16.0 Å². The summed E-state index contributed by atoms with van der Waals surface area (Å²) in [6.45, 7) is 3.13. The molecule has 1 rings (SSSR count). The van der Waals surface area contributed by atoms with Crippen molar-refractivity contribution in [2.75, 3.05) is 33.7 Å². The van der Waals surface area contributed by atoms with E-state index in [9.17, 15) is 13.2 Å². The summed E-state index contributed by atoms with van der Waals surface area (Å²) in [6, 6.07) is 0. The summed E-state index contributed by atoms with van der Waals surface area (Å²) in [5, 5.41) is 15.4. The molecule has 0 saturated carbocycles. The number of carboxylic acids is 1. The smallest absolute Gasteiger partial charge is 0.318 e. The van der Waals surface area contributed by atoms with Crippen LogP contribution in [0.25, 0.3) is 0 Å². The second-order valence-electron chi connectivity index (χ2n) is 4.80. The highest BCUT2D eigenvalue weighted by Gasteiger charge is 2.30. The van der Waals surface area contributed by atoms with E-state index >= 15 is 0 Å². The second kappa shape index (κ2) is 6.33. The van der Waals surface area contributed by atoms with E-state index in [0.29, 0.717) is 17.9 Å². The summed E-state index contributed by atoms with van der Waals surface area (Å²) in [6.07, 6.45) is 0. The number of hydrogen-bond acceptors (Lipinski definition) is 5. The fourth-order valence-electron chi connectivity index (χ4n) is 1.80. The molecular weight excluding hydrogens is 284 g/mol. The van der Waals surface area contributed by atoms with Crippen molar-refractivity contribution in [3.8, 4) is 0 Å². The van der Waals surface area contributed by atoms with E-state index in [-0.39, 0.29) is 11.4 Å². The number of hydrogen-bond donors (Lipinski definition) is 2. The average Bonchev–Trinajstić information content (AvgIpc) is 2.63. The minimum absolute atomic E-state index is 0.0532. The first-order valence-electron chi connectivity index (χ1n) is 6.04. The van der Waals surface area contributed by atoms with Gasteiger partial charge in [-0.1, -0.05) is 0 Å². The molecule has 114 valence electrons. The van der Waals surface area contributed by atoms with E-state index in [0.717, 1.165) is 4.31 Å². The number of aromatic amines is 1. The second-order valence-corrected chi connectivity index (χ2v) is 6.67. The molecule has 0 unspecified atom stereocenters. The number of nitrogens with one attached hydrogen (secondary N) is 1. The first-order valence-corrected chi connectivity index (χ1v) is 7.48. The van der Waals surface area contributed by atoms with E-state index in [1.807, 2.05) is 0 Å². The fraction of sp³-hybridized carbons (Fsp3) is 0.636. The highest BCUT2D eigenvalue weighted by Crippen LogP contribution is 2.21. The normalized spacial score (nSPS) is 12.3. The molecule has 0 aliphatic carbocycles. The molecule has 0 atom stereocenters. The van der Waals surface area contributed by atoms with Crippen LogP contribution in [0.5, 0.6) is 0 Å². The van der Waals surface area contributed by atoms with Crippen LogP contribution < -0.4 is 0 Å². The molecule has 0 amide bonds. The molecule has 9 heteroatoms. The number of H-pyrrole nitrogens is 1. The van der Waals surface area contributed by atoms with Crippen LogP contribution in [0.2, 0.25) is 0 Å². The maximum atomic E-state index is 12.6. The fourth-order valence-corrected chi connectivity index (χ4v) is 3.51. The van der Waals surface area contributed by atoms with Gasteiger partial charge in [-0.05, 0) is 27.9 Å². The Balaban J connectivity index is 3.14. The van der Waals surface area contributed by atoms with Gasteiger partial charge in [-0.2, -0.15) is 9.40 Å². The van der Waals surface area contributed by atoms with Gasteiger partial charge in [0.15, 0.2) is 0 Å². The van der Waals surface area contributed by atoms with Gasteiger partial charge < -0.3 is 10.0 Å². The lowest BCUT2D eigenvalue weighted by Crippen LogP contribution is -2.40. The van der Waals surface area contributed by atoms with Crippen LogP contribution in [-0.2, 0) is 14.8 Å². The summed E-state index contributed by atoms with van der Waals surface area (Å²) >= 11 is 0. The summed E-state index contributed by atoms with van der Waals surface area (Å²) in [5.41, 5.74) is 0.741. The highest BCUT2D eigenvalue weighted by molar-refractivity contribution is 7.89. The van der Waals surface area contributed by atoms with Crippen molar-refractivity contribution in [3.63, 3.8) is 0 Å². The predicted octanol–water partition coefficient (Wildman–Crippen LogP) is -0.337. The molecule has 1 heterocycles. The van der Waals surface area contributed by atoms with Crippen molar-refractivity contribution in [2.45, 2.75) is 18.7 Å². The number of aryl methyl sites for hydroxylation is 2. The lowest BCUT2D eigenvalue weighted by Gasteiger charge is -2.22. The number of sulfonamides is 1. The van der Waals surface area contributed by atoms with Crippen molar-refractivity contribution < 1.29 is 18.3 Å². The Morgan fingerprint density at radius 3 is 2.30 bits per heavy atom. The number of carbonyl (C=O) groups is 1. The largest absolute Gasteiger partial charge is 0.480 e. The van der Waals surface area contributed by atoms with Crippen LogP contribution >= 0.6 is 0 Å². The summed E-state index contributed by atoms with van der Waals surface area (Å²) in [7, 11) is -0.295. The van der Waals surface area contributed by atoms with E-state index < -0.39 is 22.5 Å². The van der Waals surface area contributed by atoms with E-state index in [4.69, 9.17) is 5.11 Å². The first kappa shape index (κ1) is 16.6. The third kappa shape index (κ3) is 3.78. The van der Waals surface area contributed by atoms with E-state index in [1.54, 1.807) is 32.8 Å². The Morgan fingerprint density at radius 1 is 1.30 bits per heavy atom. The van der Waals surface area contributed by atoms with Gasteiger partial charge in [0, 0.05) is 13.1 Å². The maximum absolute atomic E-state index is 12.6. The van der Waals surface area contributed by atoms with Gasteiger partial charge in [-0.25, -0.2) is 8.42 Å². The van der Waals surface area contributed by atoms with Crippen LogP contribution in [0.15, 0.2) is 4.90 Å². The minimum Gasteiger partial charge on any atom is -0.480 e. The number of likely N-dealkylation sites (N-methyl/N-ethyl adjacent to an activating group) is 1. The Labute approximate surface area is 118 Å². The molecule has 1 aromatic rings. The Kier molecular flexibility index (Phi) is 5.26. The maximum Gasteiger partial charge on any atom is 0.318 e. The Bertz CT molecular complexity index is 560. The summed E-state index contributed by atoms with van der Waals surface area (Å²) in [5.74, 6) is -1.19. The molecule has 1 aromatic heterocycles. The topological polar surface area (TPSA) is 107 Å². The van der Waals surface area contributed by atoms with Gasteiger partial charge in [-0.15, -0.1) is 0 Å². The number of nitrogens with zero attached hydrogens (tertiary/aromatic N) is 3. The van der Waals surface area contributed by atoms with Gasteiger partial charge in [0.2, 0.25) is 10.0 Å². The summed E-state index contributed by atoms with van der Waals surface area (Å²) < 4.78 is 26.1. The lowest BCUT2D eigenvalue weighted by molar-refractivity contribution is -0.137. The Hall–Kier alpha value is -1.45. The molecule has 2 N–H and O–H groups in total. The highest BCUT2D eigenvalue weighted by atomic mass is 32.2. The van der Waals surface area contributed by atoms with Crippen LogP contribution in [0.4, 0.5) is 0 Å². The monoisotopic (exact) mass is 304 g/mol. The van der Waals surface area contributed by atoms with Gasteiger partial charge in [0.25, 0.3) is 0 Å². The molecular formula is C11H20N4O4S. The molecule has 0 saturated heterocycles. The molecule has 0 spiro atoms. The van der Waals surface area contributed by atoms with Gasteiger partial charge in [0.1, 0.15) is 11.4 Å². The average molecular weight is 304 g/mol. The quantitative estimate of drug-likeness (QED) is 0.714. The van der Waals surface area contributed by atoms with Gasteiger partial charge in [-0.3, -0.25) is 9.89 Å². The zero-order chi connectivity index (χ0) is 15.5. The molecule has 0 aliphatic rings. The van der Waals surface area contributed by atoms with Crippen molar-refractivity contribution in [2.24, 2.45) is 0 Å². The van der Waals surface area contributed by atoms with Crippen molar-refractivity contribution in [3.05, 3.63) is 11.4 Å².